The van der Waals surface area contributed by atoms with Gasteiger partial charge in [0, 0.05) is 10.9 Å². The van der Waals surface area contributed by atoms with Crippen LogP contribution < -0.4 is 69.3 Å². The Hall–Kier alpha value is -1.04. The van der Waals surface area contributed by atoms with Crippen LogP contribution in [0.1, 0.15) is 5.69 Å². The summed E-state index contributed by atoms with van der Waals surface area (Å²) in [6.45, 7) is 1.42. The maximum absolute atomic E-state index is 12.6. The Bertz CT molecular complexity index is 1430. The van der Waals surface area contributed by atoms with Gasteiger partial charge in [-0.3, -0.25) is 9.11 Å². The SMILES string of the molecule is Cc1nn(-c2ccc(S(=O)(=O)O)cc2)c([O-])c1N=Nc1cc(Cl)cc(S(=O)(=O)O)c1[O-].[Na+].[Na+]. The van der Waals surface area contributed by atoms with E-state index in [2.05, 4.69) is 15.3 Å². The van der Waals surface area contributed by atoms with E-state index in [0.717, 1.165) is 28.9 Å². The van der Waals surface area contributed by atoms with Gasteiger partial charge in [-0.1, -0.05) is 17.4 Å². The molecule has 0 spiro atoms. The van der Waals surface area contributed by atoms with Gasteiger partial charge in [-0.25, -0.2) is 4.68 Å². The van der Waals surface area contributed by atoms with E-state index in [4.69, 9.17) is 20.7 Å². The van der Waals surface area contributed by atoms with Gasteiger partial charge in [-0.05, 0) is 43.3 Å². The molecule has 3 aromatic rings. The van der Waals surface area contributed by atoms with Crippen LogP contribution in [0.5, 0.6) is 11.6 Å². The van der Waals surface area contributed by atoms with Crippen molar-refractivity contribution in [1.29, 1.82) is 0 Å². The van der Waals surface area contributed by atoms with E-state index >= 15 is 0 Å². The Morgan fingerprint density at radius 3 is 2.06 bits per heavy atom. The van der Waals surface area contributed by atoms with Gasteiger partial charge in [0.2, 0.25) is 0 Å². The third-order valence-corrected chi connectivity index (χ3v) is 5.85. The average Bonchev–Trinajstić information content (AvgIpc) is 2.94. The number of halogens is 1. The molecule has 0 bridgehead atoms. The van der Waals surface area contributed by atoms with E-state index < -0.39 is 42.4 Å². The number of hydrogen-bond donors (Lipinski definition) is 2. The minimum absolute atomic E-state index is 0. The minimum atomic E-state index is -4.86. The van der Waals surface area contributed by atoms with E-state index in [9.17, 15) is 27.0 Å². The second-order valence-electron chi connectivity index (χ2n) is 6.05. The van der Waals surface area contributed by atoms with Crippen LogP contribution in [0.3, 0.4) is 0 Å². The third-order valence-electron chi connectivity index (χ3n) is 3.90. The van der Waals surface area contributed by atoms with Crippen molar-refractivity contribution < 1.29 is 95.3 Å². The number of hydrogen-bond acceptors (Lipinski definition) is 9. The van der Waals surface area contributed by atoms with Gasteiger partial charge >= 0.3 is 59.1 Å². The normalized spacial score (nSPS) is 11.8. The summed E-state index contributed by atoms with van der Waals surface area (Å²) in [7, 11) is -9.28. The molecule has 0 saturated carbocycles. The summed E-state index contributed by atoms with van der Waals surface area (Å²) in [6.07, 6.45) is 0. The molecule has 1 aromatic heterocycles. The molecule has 0 aliphatic heterocycles. The second kappa shape index (κ2) is 11.1. The van der Waals surface area contributed by atoms with Gasteiger partial charge in [0.05, 0.1) is 26.9 Å². The first-order chi connectivity index (χ1) is 14.3. The van der Waals surface area contributed by atoms with Crippen molar-refractivity contribution in [2.45, 2.75) is 16.7 Å². The second-order valence-corrected chi connectivity index (χ2v) is 9.30. The smallest absolute Gasteiger partial charge is 0.870 e. The van der Waals surface area contributed by atoms with Crippen molar-refractivity contribution in [2.24, 2.45) is 10.2 Å². The van der Waals surface area contributed by atoms with Gasteiger partial charge in [-0.2, -0.15) is 27.0 Å². The number of azo groups is 1. The molecule has 2 N–H and O–H groups in total. The quantitative estimate of drug-likeness (QED) is 0.186. The Kier molecular flexibility index (Phi) is 10.1. The summed E-state index contributed by atoms with van der Waals surface area (Å²) in [4.78, 5) is -1.38. The first-order valence-electron chi connectivity index (χ1n) is 8.03. The maximum atomic E-state index is 12.6. The Morgan fingerprint density at radius 1 is 0.970 bits per heavy atom. The zero-order valence-corrected chi connectivity index (χ0v) is 23.7. The van der Waals surface area contributed by atoms with Crippen LogP contribution >= 0.6 is 11.6 Å². The molecule has 2 aromatic carbocycles. The molecule has 1 heterocycles. The van der Waals surface area contributed by atoms with Crippen LogP contribution in [0, 0.1) is 6.92 Å². The molecule has 33 heavy (non-hydrogen) atoms. The fourth-order valence-electron chi connectivity index (χ4n) is 2.47. The molecule has 0 amide bonds. The van der Waals surface area contributed by atoms with Gasteiger partial charge in [0.1, 0.15) is 5.69 Å². The summed E-state index contributed by atoms with van der Waals surface area (Å²) in [5.41, 5.74) is -0.573. The Morgan fingerprint density at radius 2 is 1.55 bits per heavy atom. The van der Waals surface area contributed by atoms with E-state index in [1.165, 1.54) is 19.1 Å². The number of benzene rings is 2. The third kappa shape index (κ3) is 6.76. The zero-order valence-electron chi connectivity index (χ0n) is 17.3. The number of aryl methyl sites for hydroxylation is 1. The van der Waals surface area contributed by atoms with Gasteiger partial charge in [-0.15, -0.1) is 5.11 Å². The van der Waals surface area contributed by atoms with Crippen molar-refractivity contribution in [1.82, 2.24) is 9.78 Å². The van der Waals surface area contributed by atoms with Crippen molar-refractivity contribution in [2.75, 3.05) is 0 Å². The van der Waals surface area contributed by atoms with Gasteiger partial charge < -0.3 is 10.2 Å². The van der Waals surface area contributed by atoms with Gasteiger partial charge in [0.25, 0.3) is 20.2 Å². The molecule has 0 atom stereocenters. The molecule has 0 saturated heterocycles. The van der Waals surface area contributed by atoms with E-state index in [-0.39, 0.29) is 86.1 Å². The van der Waals surface area contributed by atoms with Crippen LogP contribution in [0.25, 0.3) is 5.69 Å². The predicted molar refractivity (Wildman–Crippen MR) is 102 cm³/mol. The first kappa shape index (κ1) is 30.0. The molecule has 0 fully saturated rings. The number of nitrogens with zero attached hydrogens (tertiary/aromatic N) is 4. The van der Waals surface area contributed by atoms with Crippen LogP contribution in [-0.2, 0) is 20.2 Å². The molecule has 17 heteroatoms. The first-order valence-corrected chi connectivity index (χ1v) is 11.3. The molecule has 0 aliphatic carbocycles. The monoisotopic (exact) mass is 532 g/mol. The fraction of sp³-hybridized carbons (Fsp3) is 0.0625. The van der Waals surface area contributed by atoms with Crippen LogP contribution in [0.4, 0.5) is 11.4 Å². The molecule has 164 valence electrons. The van der Waals surface area contributed by atoms with Crippen LogP contribution in [-0.4, -0.2) is 35.7 Å². The molecule has 3 rings (SSSR count). The average molecular weight is 533 g/mol. The molecule has 0 unspecified atom stereocenters. The molecule has 0 aliphatic rings. The topological polar surface area (TPSA) is 197 Å². The summed E-state index contributed by atoms with van der Waals surface area (Å²) in [6, 6.07) is 6.33. The van der Waals surface area contributed by atoms with E-state index in [0.29, 0.717) is 0 Å². The Labute approximate surface area is 237 Å². The van der Waals surface area contributed by atoms with Crippen molar-refractivity contribution >= 4 is 43.2 Å². The van der Waals surface area contributed by atoms with Crippen molar-refractivity contribution in [3.8, 4) is 17.3 Å². The van der Waals surface area contributed by atoms with Crippen LogP contribution in [0.15, 0.2) is 56.4 Å². The van der Waals surface area contributed by atoms with E-state index in [1.807, 2.05) is 0 Å². The molecule has 0 radical (unpaired) electrons. The van der Waals surface area contributed by atoms with Gasteiger partial charge in [0.15, 0.2) is 0 Å². The minimum Gasteiger partial charge on any atom is -0.870 e. The standard InChI is InChI=1S/C16H13ClN4O8S2.2Na/c1-8-14(19-18-12-6-9(17)7-13(15(12)22)31(27,28)29)16(23)21(20-8)10-2-4-11(5-3-10)30(24,25)26;;/h2-7,22-23H,1H3,(H,24,25,26)(H,27,28,29);;/q;2*+1/p-2. The predicted octanol–water partition coefficient (Wildman–Crippen LogP) is -4.10. The summed E-state index contributed by atoms with van der Waals surface area (Å²) >= 11 is 5.75. The summed E-state index contributed by atoms with van der Waals surface area (Å²) < 4.78 is 63.8. The number of rotatable bonds is 5. The van der Waals surface area contributed by atoms with Crippen molar-refractivity contribution in [3.63, 3.8) is 0 Å². The summed E-state index contributed by atoms with van der Waals surface area (Å²) in [5.74, 6) is -1.95. The van der Waals surface area contributed by atoms with E-state index in [1.54, 1.807) is 0 Å². The molecular weight excluding hydrogens is 522 g/mol. The fourth-order valence-corrected chi connectivity index (χ4v) is 3.84. The largest absolute Gasteiger partial charge is 1.00 e. The molecular formula is C16H11ClN4Na2O8S2. The Balaban J connectivity index is 0.00000272. The zero-order chi connectivity index (χ0) is 23.1. The molecule has 12 nitrogen and oxygen atoms in total. The maximum Gasteiger partial charge on any atom is 1.00 e. The van der Waals surface area contributed by atoms with Crippen LogP contribution in [0.2, 0.25) is 5.02 Å². The van der Waals surface area contributed by atoms with Crippen molar-refractivity contribution in [3.05, 3.63) is 47.1 Å². The number of aromatic nitrogens is 2. The summed E-state index contributed by atoms with van der Waals surface area (Å²) in [5, 5.41) is 35.8.